The highest BCUT2D eigenvalue weighted by atomic mass is 32.2. The summed E-state index contributed by atoms with van der Waals surface area (Å²) in [5.74, 6) is -0.866. The van der Waals surface area contributed by atoms with Crippen LogP contribution in [0.3, 0.4) is 0 Å². The van der Waals surface area contributed by atoms with Gasteiger partial charge in [-0.3, -0.25) is 19.3 Å². The Kier molecular flexibility index (Phi) is 5.73. The molecule has 33 heavy (non-hydrogen) atoms. The van der Waals surface area contributed by atoms with Crippen molar-refractivity contribution >= 4 is 21.6 Å². The second-order valence-corrected chi connectivity index (χ2v) is 9.33. The van der Waals surface area contributed by atoms with Crippen LogP contribution < -0.4 is 9.86 Å². The molecule has 0 aliphatic carbocycles. The van der Waals surface area contributed by atoms with Gasteiger partial charge in [-0.15, -0.1) is 0 Å². The third-order valence-electron chi connectivity index (χ3n) is 5.38. The Bertz CT molecular complexity index is 1470. The quantitative estimate of drug-likeness (QED) is 0.454. The lowest BCUT2D eigenvalue weighted by atomic mass is 10.2. The van der Waals surface area contributed by atoms with E-state index in [4.69, 9.17) is 0 Å². The minimum Gasteiger partial charge on any atom is -0.283 e. The Morgan fingerprint density at radius 3 is 2.21 bits per heavy atom. The Balaban J connectivity index is 2.00. The highest BCUT2D eigenvalue weighted by molar-refractivity contribution is 7.93. The maximum atomic E-state index is 13.7. The maximum absolute atomic E-state index is 13.7. The van der Waals surface area contributed by atoms with Gasteiger partial charge in [-0.25, -0.2) is 13.1 Å². The van der Waals surface area contributed by atoms with Crippen molar-refractivity contribution in [1.82, 2.24) is 14.3 Å². The number of aryl methyl sites for hydroxylation is 1. The third kappa shape index (κ3) is 3.87. The summed E-state index contributed by atoms with van der Waals surface area (Å²) in [6.45, 7) is 3.43. The number of para-hydroxylation sites is 1. The molecule has 1 amide bonds. The number of carbonyl (C=O) groups is 1. The van der Waals surface area contributed by atoms with E-state index in [-0.39, 0.29) is 16.1 Å². The van der Waals surface area contributed by atoms with Gasteiger partial charge in [0.05, 0.1) is 21.8 Å². The van der Waals surface area contributed by atoms with E-state index in [9.17, 15) is 18.0 Å². The lowest BCUT2D eigenvalue weighted by molar-refractivity contribution is 0.100. The summed E-state index contributed by atoms with van der Waals surface area (Å²) in [5.41, 5.74) is 0.895. The molecule has 0 radical (unpaired) electrons. The van der Waals surface area contributed by atoms with Crippen molar-refractivity contribution in [3.63, 3.8) is 0 Å². The van der Waals surface area contributed by atoms with Crippen molar-refractivity contribution in [2.45, 2.75) is 18.7 Å². The van der Waals surface area contributed by atoms with Crippen molar-refractivity contribution in [3.8, 4) is 5.69 Å². The van der Waals surface area contributed by atoms with Crippen LogP contribution in [-0.2, 0) is 17.1 Å². The molecule has 9 heteroatoms. The van der Waals surface area contributed by atoms with Crippen LogP contribution in [-0.4, -0.2) is 28.7 Å². The Morgan fingerprint density at radius 1 is 0.939 bits per heavy atom. The summed E-state index contributed by atoms with van der Waals surface area (Å²) < 4.78 is 30.9. The van der Waals surface area contributed by atoms with Gasteiger partial charge < -0.3 is 0 Å². The Labute approximate surface area is 191 Å². The van der Waals surface area contributed by atoms with Crippen molar-refractivity contribution in [3.05, 3.63) is 106 Å². The summed E-state index contributed by atoms with van der Waals surface area (Å²) >= 11 is 0. The molecule has 0 spiro atoms. The number of hydrogen-bond donors (Lipinski definition) is 0. The van der Waals surface area contributed by atoms with Gasteiger partial charge in [0, 0.05) is 19.4 Å². The number of carbonyl (C=O) groups excluding carboxylic acids is 1. The second-order valence-electron chi connectivity index (χ2n) is 7.54. The molecule has 0 aliphatic heterocycles. The van der Waals surface area contributed by atoms with E-state index in [0.717, 1.165) is 5.56 Å². The van der Waals surface area contributed by atoms with E-state index in [1.165, 1.54) is 46.0 Å². The van der Waals surface area contributed by atoms with Gasteiger partial charge in [0.2, 0.25) is 0 Å². The standard InChI is InChI=1S/C24H22N4O4S/c1-17-11-13-21(14-12-17)33(31,32)28(23(29)19-8-7-15-25-16-19)22-18(2)26(3)27(24(22)30)20-9-5-4-6-10-20/h4-16H,1-3H3. The predicted octanol–water partition coefficient (Wildman–Crippen LogP) is 3.22. The van der Waals surface area contributed by atoms with Gasteiger partial charge in [-0.05, 0) is 50.2 Å². The van der Waals surface area contributed by atoms with Gasteiger partial charge in [0.1, 0.15) is 5.69 Å². The molecule has 0 saturated carbocycles. The lowest BCUT2D eigenvalue weighted by Crippen LogP contribution is -2.40. The Morgan fingerprint density at radius 2 is 1.61 bits per heavy atom. The van der Waals surface area contributed by atoms with Crippen molar-refractivity contribution in [2.75, 3.05) is 4.31 Å². The fourth-order valence-corrected chi connectivity index (χ4v) is 5.01. The molecule has 2 aromatic heterocycles. The van der Waals surface area contributed by atoms with Gasteiger partial charge in [0.15, 0.2) is 0 Å². The van der Waals surface area contributed by atoms with E-state index in [0.29, 0.717) is 15.7 Å². The average Bonchev–Trinajstić information content (AvgIpc) is 3.03. The fourth-order valence-electron chi connectivity index (χ4n) is 3.54. The molecule has 168 valence electrons. The minimum atomic E-state index is -4.42. The Hall–Kier alpha value is -3.98. The molecule has 8 nitrogen and oxygen atoms in total. The first kappa shape index (κ1) is 22.2. The molecule has 0 unspecified atom stereocenters. The topological polar surface area (TPSA) is 94.3 Å². The van der Waals surface area contributed by atoms with Crippen molar-refractivity contribution in [1.29, 1.82) is 0 Å². The fraction of sp³-hybridized carbons (Fsp3) is 0.125. The average molecular weight is 463 g/mol. The molecule has 0 N–H and O–H groups in total. The normalized spacial score (nSPS) is 11.4. The van der Waals surface area contributed by atoms with Crippen LogP contribution >= 0.6 is 0 Å². The van der Waals surface area contributed by atoms with Gasteiger partial charge in [0.25, 0.3) is 21.5 Å². The minimum absolute atomic E-state index is 0.0436. The monoisotopic (exact) mass is 462 g/mol. The SMILES string of the molecule is Cc1ccc(S(=O)(=O)N(C(=O)c2cccnc2)c2c(C)n(C)n(-c3ccccc3)c2=O)cc1. The number of benzene rings is 2. The van der Waals surface area contributed by atoms with Gasteiger partial charge >= 0.3 is 0 Å². The summed E-state index contributed by atoms with van der Waals surface area (Å²) in [7, 11) is -2.78. The van der Waals surface area contributed by atoms with E-state index < -0.39 is 21.5 Å². The second kappa shape index (κ2) is 8.51. The van der Waals surface area contributed by atoms with Crippen LogP contribution in [0.15, 0.2) is 88.8 Å². The molecule has 0 bridgehead atoms. The zero-order valence-corrected chi connectivity index (χ0v) is 19.2. The molecule has 2 aromatic carbocycles. The highest BCUT2D eigenvalue weighted by Gasteiger charge is 2.37. The van der Waals surface area contributed by atoms with Crippen LogP contribution in [0.2, 0.25) is 0 Å². The number of rotatable bonds is 5. The summed E-state index contributed by atoms with van der Waals surface area (Å²) in [6, 6.07) is 17.9. The van der Waals surface area contributed by atoms with Crippen molar-refractivity contribution in [2.24, 2.45) is 7.05 Å². The number of anilines is 1. The number of sulfonamides is 1. The van der Waals surface area contributed by atoms with E-state index in [1.807, 2.05) is 13.0 Å². The smallest absolute Gasteiger partial charge is 0.283 e. The van der Waals surface area contributed by atoms with Gasteiger partial charge in [-0.2, -0.15) is 4.31 Å². The van der Waals surface area contributed by atoms with Crippen LogP contribution in [0.4, 0.5) is 5.69 Å². The van der Waals surface area contributed by atoms with Crippen LogP contribution in [0.5, 0.6) is 0 Å². The van der Waals surface area contributed by atoms with E-state index >= 15 is 0 Å². The molecule has 2 heterocycles. The third-order valence-corrected chi connectivity index (χ3v) is 7.08. The number of hydrogen-bond acceptors (Lipinski definition) is 5. The maximum Gasteiger partial charge on any atom is 0.296 e. The molecule has 4 rings (SSSR count). The van der Waals surface area contributed by atoms with Gasteiger partial charge in [-0.1, -0.05) is 35.9 Å². The van der Waals surface area contributed by atoms with Crippen LogP contribution in [0.25, 0.3) is 5.69 Å². The molecule has 0 atom stereocenters. The molecule has 4 aromatic rings. The van der Waals surface area contributed by atoms with Crippen molar-refractivity contribution < 1.29 is 13.2 Å². The highest BCUT2D eigenvalue weighted by Crippen LogP contribution is 2.27. The van der Waals surface area contributed by atoms with E-state index in [1.54, 1.807) is 50.4 Å². The lowest BCUT2D eigenvalue weighted by Gasteiger charge is -2.21. The predicted molar refractivity (Wildman–Crippen MR) is 125 cm³/mol. The molecular weight excluding hydrogens is 440 g/mol. The summed E-state index contributed by atoms with van der Waals surface area (Å²) in [6.07, 6.45) is 2.75. The molecular formula is C24H22N4O4S. The molecule has 0 aliphatic rings. The number of aromatic nitrogens is 3. The first-order valence-corrected chi connectivity index (χ1v) is 11.6. The summed E-state index contributed by atoms with van der Waals surface area (Å²) in [5, 5.41) is 0. The number of amides is 1. The first-order chi connectivity index (χ1) is 15.7. The van der Waals surface area contributed by atoms with Crippen LogP contribution in [0.1, 0.15) is 21.6 Å². The molecule has 0 saturated heterocycles. The largest absolute Gasteiger partial charge is 0.296 e. The zero-order valence-electron chi connectivity index (χ0n) is 18.3. The summed E-state index contributed by atoms with van der Waals surface area (Å²) in [4.78, 5) is 31.0. The zero-order chi connectivity index (χ0) is 23.8. The van der Waals surface area contributed by atoms with E-state index in [2.05, 4.69) is 4.98 Å². The molecule has 0 fully saturated rings. The van der Waals surface area contributed by atoms with Crippen LogP contribution in [0, 0.1) is 13.8 Å². The number of nitrogens with zero attached hydrogens (tertiary/aromatic N) is 4. The first-order valence-electron chi connectivity index (χ1n) is 10.1. The number of pyridine rings is 1.